The first-order valence-corrected chi connectivity index (χ1v) is 10.1. The van der Waals surface area contributed by atoms with E-state index in [1.807, 2.05) is 30.3 Å². The number of rotatable bonds is 7. The van der Waals surface area contributed by atoms with E-state index in [9.17, 15) is 9.59 Å². The Kier molecular flexibility index (Phi) is 5.62. The predicted molar refractivity (Wildman–Crippen MR) is 109 cm³/mol. The number of ether oxygens (including phenoxy) is 1. The third-order valence-electron chi connectivity index (χ3n) is 4.61. The van der Waals surface area contributed by atoms with Crippen molar-refractivity contribution in [3.05, 3.63) is 65.0 Å². The van der Waals surface area contributed by atoms with E-state index in [2.05, 4.69) is 15.5 Å². The van der Waals surface area contributed by atoms with Gasteiger partial charge in [0, 0.05) is 17.7 Å². The maximum atomic E-state index is 12.5. The van der Waals surface area contributed by atoms with Gasteiger partial charge in [0.15, 0.2) is 5.78 Å². The van der Waals surface area contributed by atoms with Crippen molar-refractivity contribution in [3.8, 4) is 5.75 Å². The highest BCUT2D eigenvalue weighted by atomic mass is 32.2. The van der Waals surface area contributed by atoms with E-state index in [1.165, 1.54) is 11.8 Å². The van der Waals surface area contributed by atoms with Crippen molar-refractivity contribution >= 4 is 29.1 Å². The molecule has 0 fully saturated rings. The van der Waals surface area contributed by atoms with E-state index in [4.69, 9.17) is 9.15 Å². The number of carbonyl (C=O) groups is 2. The smallest absolute Gasteiger partial charge is 0.277 e. The van der Waals surface area contributed by atoms with Crippen LogP contribution in [0, 0.1) is 0 Å². The Labute approximate surface area is 171 Å². The van der Waals surface area contributed by atoms with Crippen molar-refractivity contribution in [1.29, 1.82) is 0 Å². The van der Waals surface area contributed by atoms with Gasteiger partial charge in [-0.2, -0.15) is 0 Å². The van der Waals surface area contributed by atoms with Gasteiger partial charge in [0.2, 0.25) is 11.8 Å². The molecule has 3 aromatic rings. The summed E-state index contributed by atoms with van der Waals surface area (Å²) in [5.74, 6) is 1.47. The molecule has 2 heterocycles. The number of amides is 1. The summed E-state index contributed by atoms with van der Waals surface area (Å²) >= 11 is 1.22. The first kappa shape index (κ1) is 19.2. The normalized spacial score (nSPS) is 12.9. The Morgan fingerprint density at radius 3 is 2.79 bits per heavy atom. The second-order valence-electron chi connectivity index (χ2n) is 6.62. The number of nitrogens with one attached hydrogen (secondary N) is 1. The van der Waals surface area contributed by atoms with Crippen LogP contribution in [0.25, 0.3) is 0 Å². The molecule has 1 aliphatic rings. The molecular weight excluding hydrogens is 390 g/mol. The fourth-order valence-corrected chi connectivity index (χ4v) is 3.73. The zero-order valence-corrected chi connectivity index (χ0v) is 16.6. The molecule has 0 atom stereocenters. The average molecular weight is 409 g/mol. The van der Waals surface area contributed by atoms with Crippen LogP contribution in [0.15, 0.2) is 52.1 Å². The molecule has 1 aliphatic heterocycles. The number of thioether (sulfide) groups is 1. The summed E-state index contributed by atoms with van der Waals surface area (Å²) in [5, 5.41) is 11.2. The Hall–Kier alpha value is -3.13. The molecular formula is C21H19N3O4S. The first-order valence-electron chi connectivity index (χ1n) is 9.15. The van der Waals surface area contributed by atoms with Gasteiger partial charge in [0.25, 0.3) is 5.22 Å². The molecule has 8 heteroatoms. The van der Waals surface area contributed by atoms with Gasteiger partial charge < -0.3 is 14.5 Å². The van der Waals surface area contributed by atoms with Crippen molar-refractivity contribution in [1.82, 2.24) is 10.2 Å². The van der Waals surface area contributed by atoms with Crippen LogP contribution in [-0.2, 0) is 17.6 Å². The lowest BCUT2D eigenvalue weighted by molar-refractivity contribution is -0.116. The first-order chi connectivity index (χ1) is 14.1. The minimum Gasteiger partial charge on any atom is -0.497 e. The second kappa shape index (κ2) is 8.48. The second-order valence-corrected chi connectivity index (χ2v) is 7.55. The van der Waals surface area contributed by atoms with Crippen LogP contribution in [0.2, 0.25) is 0 Å². The zero-order valence-electron chi connectivity index (χ0n) is 15.8. The van der Waals surface area contributed by atoms with E-state index in [0.29, 0.717) is 35.9 Å². The maximum Gasteiger partial charge on any atom is 0.277 e. The summed E-state index contributed by atoms with van der Waals surface area (Å²) in [5.41, 5.74) is 3.42. The zero-order chi connectivity index (χ0) is 20.2. The topological polar surface area (TPSA) is 94.3 Å². The van der Waals surface area contributed by atoms with Gasteiger partial charge >= 0.3 is 0 Å². The number of carbonyl (C=O) groups excluding carboxylic acids is 2. The van der Waals surface area contributed by atoms with E-state index in [0.717, 1.165) is 22.6 Å². The van der Waals surface area contributed by atoms with E-state index in [-0.39, 0.29) is 17.4 Å². The minimum atomic E-state index is -0.0235. The molecule has 0 unspecified atom stereocenters. The Balaban J connectivity index is 1.34. The third-order valence-corrected chi connectivity index (χ3v) is 5.43. The highest BCUT2D eigenvalue weighted by Gasteiger charge is 2.17. The Morgan fingerprint density at radius 2 is 2.00 bits per heavy atom. The number of Topliss-reactive ketones (excluding diaryl/α,β-unsaturated/α-hetero) is 1. The standard InChI is InChI=1S/C21H19N3O4S/c1-27-16-6-2-13(3-7-16)10-20-23-24-21(28-20)29-12-18(25)15-4-8-17-14(11-15)5-9-19(26)22-17/h2-4,6-8,11H,5,9-10,12H2,1H3,(H,22,26). The van der Waals surface area contributed by atoms with Crippen molar-refractivity contribution in [2.24, 2.45) is 0 Å². The predicted octanol–water partition coefficient (Wildman–Crippen LogP) is 3.53. The van der Waals surface area contributed by atoms with Crippen LogP contribution in [-0.4, -0.2) is 34.8 Å². The molecule has 4 rings (SSSR count). The molecule has 0 bridgehead atoms. The van der Waals surface area contributed by atoms with Crippen LogP contribution in [0.5, 0.6) is 5.75 Å². The fraction of sp³-hybridized carbons (Fsp3) is 0.238. The van der Waals surface area contributed by atoms with Crippen LogP contribution >= 0.6 is 11.8 Å². The van der Waals surface area contributed by atoms with Crippen molar-refractivity contribution in [2.75, 3.05) is 18.2 Å². The number of nitrogens with zero attached hydrogens (tertiary/aromatic N) is 2. The Morgan fingerprint density at radius 1 is 1.17 bits per heavy atom. The molecule has 0 radical (unpaired) electrons. The van der Waals surface area contributed by atoms with Crippen LogP contribution < -0.4 is 10.1 Å². The summed E-state index contributed by atoms with van der Waals surface area (Å²) in [6, 6.07) is 13.0. The van der Waals surface area contributed by atoms with Crippen molar-refractivity contribution in [3.63, 3.8) is 0 Å². The lowest BCUT2D eigenvalue weighted by Gasteiger charge is -2.17. The van der Waals surface area contributed by atoms with E-state index < -0.39 is 0 Å². The fourth-order valence-electron chi connectivity index (χ4n) is 3.05. The van der Waals surface area contributed by atoms with Crippen molar-refractivity contribution < 1.29 is 18.7 Å². The number of hydrogen-bond donors (Lipinski definition) is 1. The highest BCUT2D eigenvalue weighted by Crippen LogP contribution is 2.25. The van der Waals surface area contributed by atoms with E-state index >= 15 is 0 Å². The summed E-state index contributed by atoms with van der Waals surface area (Å²) < 4.78 is 10.8. The Bertz CT molecular complexity index is 1050. The molecule has 0 saturated carbocycles. The number of aryl methyl sites for hydroxylation is 1. The number of hydrogen-bond acceptors (Lipinski definition) is 7. The van der Waals surface area contributed by atoms with Gasteiger partial charge in [-0.05, 0) is 47.9 Å². The molecule has 1 amide bonds. The summed E-state index contributed by atoms with van der Waals surface area (Å²) in [7, 11) is 1.62. The average Bonchev–Trinajstić information content (AvgIpc) is 3.19. The molecule has 0 spiro atoms. The monoisotopic (exact) mass is 409 g/mol. The summed E-state index contributed by atoms with van der Waals surface area (Å²) in [6.07, 6.45) is 1.61. The number of ketones is 1. The quantitative estimate of drug-likeness (QED) is 0.471. The number of methoxy groups -OCH3 is 1. The van der Waals surface area contributed by atoms with Gasteiger partial charge in [0.05, 0.1) is 19.3 Å². The van der Waals surface area contributed by atoms with Gasteiger partial charge in [-0.15, -0.1) is 10.2 Å². The lowest BCUT2D eigenvalue weighted by atomic mass is 9.99. The largest absolute Gasteiger partial charge is 0.497 e. The summed E-state index contributed by atoms with van der Waals surface area (Å²) in [4.78, 5) is 24.0. The molecule has 2 aromatic carbocycles. The SMILES string of the molecule is COc1ccc(Cc2nnc(SCC(=O)c3ccc4c(c3)CCC(=O)N4)o2)cc1. The van der Waals surface area contributed by atoms with E-state index in [1.54, 1.807) is 19.2 Å². The molecule has 0 aliphatic carbocycles. The molecule has 0 saturated heterocycles. The summed E-state index contributed by atoms with van der Waals surface area (Å²) in [6.45, 7) is 0. The number of fused-ring (bicyclic) bond motifs is 1. The van der Waals surface area contributed by atoms with Gasteiger partial charge in [-0.3, -0.25) is 9.59 Å². The van der Waals surface area contributed by atoms with Gasteiger partial charge in [0.1, 0.15) is 5.75 Å². The number of anilines is 1. The molecule has 29 heavy (non-hydrogen) atoms. The minimum absolute atomic E-state index is 0.00831. The lowest BCUT2D eigenvalue weighted by Crippen LogP contribution is -2.19. The molecule has 7 nitrogen and oxygen atoms in total. The van der Waals surface area contributed by atoms with Crippen LogP contribution in [0.4, 0.5) is 5.69 Å². The molecule has 1 aromatic heterocycles. The molecule has 1 N–H and O–H groups in total. The number of benzene rings is 2. The van der Waals surface area contributed by atoms with Gasteiger partial charge in [-0.25, -0.2) is 0 Å². The number of aromatic nitrogens is 2. The van der Waals surface area contributed by atoms with Crippen LogP contribution in [0.1, 0.15) is 33.8 Å². The highest BCUT2D eigenvalue weighted by molar-refractivity contribution is 7.99. The third kappa shape index (κ3) is 4.65. The molecule has 148 valence electrons. The maximum absolute atomic E-state index is 12.5. The van der Waals surface area contributed by atoms with Crippen molar-refractivity contribution in [2.45, 2.75) is 24.5 Å². The van der Waals surface area contributed by atoms with Gasteiger partial charge in [-0.1, -0.05) is 23.9 Å². The van der Waals surface area contributed by atoms with Crippen LogP contribution in [0.3, 0.4) is 0 Å².